The van der Waals surface area contributed by atoms with E-state index in [-0.39, 0.29) is 13.0 Å². The fourth-order valence-electron chi connectivity index (χ4n) is 3.14. The number of rotatable bonds is 5. The van der Waals surface area contributed by atoms with E-state index in [0.717, 1.165) is 5.69 Å². The van der Waals surface area contributed by atoms with Crippen LogP contribution < -0.4 is 10.1 Å². The SMILES string of the molecule is COC(=O)CCNC(=O)N1CCc2[nH]cnc2[C@H]1c1ccc(OC)cc1F. The number of hydrogen-bond donors (Lipinski definition) is 2. The van der Waals surface area contributed by atoms with Crippen molar-refractivity contribution >= 4 is 12.0 Å². The number of amides is 2. The summed E-state index contributed by atoms with van der Waals surface area (Å²) in [6, 6.07) is 3.45. The number of aromatic nitrogens is 2. The van der Waals surface area contributed by atoms with Gasteiger partial charge in [-0.2, -0.15) is 0 Å². The fourth-order valence-corrected chi connectivity index (χ4v) is 3.14. The van der Waals surface area contributed by atoms with Crippen LogP contribution in [0.4, 0.5) is 9.18 Å². The highest BCUT2D eigenvalue weighted by molar-refractivity contribution is 5.77. The van der Waals surface area contributed by atoms with E-state index in [4.69, 9.17) is 4.74 Å². The lowest BCUT2D eigenvalue weighted by atomic mass is 9.95. The Bertz CT molecular complexity index is 839. The smallest absolute Gasteiger partial charge is 0.318 e. The first-order chi connectivity index (χ1) is 13.0. The minimum Gasteiger partial charge on any atom is -0.497 e. The maximum absolute atomic E-state index is 14.7. The van der Waals surface area contributed by atoms with E-state index < -0.39 is 23.9 Å². The molecule has 1 atom stereocenters. The van der Waals surface area contributed by atoms with E-state index in [0.29, 0.717) is 30.0 Å². The second-order valence-electron chi connectivity index (χ2n) is 6.06. The van der Waals surface area contributed by atoms with Crippen molar-refractivity contribution in [3.63, 3.8) is 0 Å². The Morgan fingerprint density at radius 2 is 2.22 bits per heavy atom. The number of fused-ring (bicyclic) bond motifs is 1. The Hall–Kier alpha value is -3.10. The van der Waals surface area contributed by atoms with E-state index in [1.807, 2.05) is 0 Å². The Kier molecular flexibility index (Phi) is 5.58. The molecule has 2 N–H and O–H groups in total. The zero-order valence-electron chi connectivity index (χ0n) is 15.1. The van der Waals surface area contributed by atoms with Crippen LogP contribution >= 0.6 is 0 Å². The maximum atomic E-state index is 14.7. The summed E-state index contributed by atoms with van der Waals surface area (Å²) in [5.41, 5.74) is 1.80. The van der Waals surface area contributed by atoms with E-state index in [1.54, 1.807) is 12.1 Å². The molecule has 1 aliphatic heterocycles. The minimum absolute atomic E-state index is 0.0608. The van der Waals surface area contributed by atoms with Gasteiger partial charge in [0.25, 0.3) is 0 Å². The van der Waals surface area contributed by atoms with Gasteiger partial charge in [-0.25, -0.2) is 14.2 Å². The molecule has 3 rings (SSSR count). The van der Waals surface area contributed by atoms with Crippen molar-refractivity contribution < 1.29 is 23.5 Å². The van der Waals surface area contributed by atoms with Gasteiger partial charge in [0.15, 0.2) is 0 Å². The molecule has 144 valence electrons. The molecule has 0 radical (unpaired) electrons. The molecule has 1 aromatic heterocycles. The molecule has 1 aromatic carbocycles. The molecule has 0 saturated carbocycles. The molecule has 0 bridgehead atoms. The average molecular weight is 376 g/mol. The summed E-state index contributed by atoms with van der Waals surface area (Å²) in [6.07, 6.45) is 2.18. The number of nitrogens with one attached hydrogen (secondary N) is 2. The van der Waals surface area contributed by atoms with Crippen molar-refractivity contribution in [1.29, 1.82) is 0 Å². The molecule has 0 aliphatic carbocycles. The van der Waals surface area contributed by atoms with Gasteiger partial charge in [0.2, 0.25) is 0 Å². The Morgan fingerprint density at radius 3 is 2.93 bits per heavy atom. The lowest BCUT2D eigenvalue weighted by Gasteiger charge is -2.35. The Balaban J connectivity index is 1.87. The minimum atomic E-state index is -0.677. The number of carbonyl (C=O) groups is 2. The second kappa shape index (κ2) is 8.07. The highest BCUT2D eigenvalue weighted by atomic mass is 19.1. The summed E-state index contributed by atoms with van der Waals surface area (Å²) >= 11 is 0. The second-order valence-corrected chi connectivity index (χ2v) is 6.06. The first-order valence-electron chi connectivity index (χ1n) is 8.52. The van der Waals surface area contributed by atoms with E-state index in [9.17, 15) is 14.0 Å². The number of imidazole rings is 1. The van der Waals surface area contributed by atoms with Crippen LogP contribution in [0, 0.1) is 5.82 Å². The summed E-state index contributed by atoms with van der Waals surface area (Å²) < 4.78 is 24.3. The molecule has 27 heavy (non-hydrogen) atoms. The van der Waals surface area contributed by atoms with Gasteiger partial charge in [0, 0.05) is 36.8 Å². The fraction of sp³-hybridized carbons (Fsp3) is 0.389. The predicted molar refractivity (Wildman–Crippen MR) is 93.8 cm³/mol. The number of ether oxygens (including phenoxy) is 2. The lowest BCUT2D eigenvalue weighted by Crippen LogP contribution is -2.46. The number of esters is 1. The predicted octanol–water partition coefficient (Wildman–Crippen LogP) is 1.78. The summed E-state index contributed by atoms with van der Waals surface area (Å²) in [5.74, 6) is -0.507. The molecule has 0 unspecified atom stereocenters. The zero-order chi connectivity index (χ0) is 19.4. The van der Waals surface area contributed by atoms with E-state index in [2.05, 4.69) is 20.0 Å². The zero-order valence-corrected chi connectivity index (χ0v) is 15.1. The number of hydrogen-bond acceptors (Lipinski definition) is 5. The third-order valence-electron chi connectivity index (χ3n) is 4.52. The van der Waals surface area contributed by atoms with E-state index in [1.165, 1.54) is 31.5 Å². The highest BCUT2D eigenvalue weighted by Gasteiger charge is 2.35. The summed E-state index contributed by atoms with van der Waals surface area (Å²) in [4.78, 5) is 32.8. The summed E-state index contributed by atoms with van der Waals surface area (Å²) in [5, 5.41) is 2.68. The topological polar surface area (TPSA) is 96.6 Å². The molecule has 0 fully saturated rings. The Morgan fingerprint density at radius 1 is 1.41 bits per heavy atom. The van der Waals surface area contributed by atoms with Crippen LogP contribution in [0.3, 0.4) is 0 Å². The molecular formula is C18H21FN4O4. The number of nitrogens with zero attached hydrogens (tertiary/aromatic N) is 2. The number of halogens is 1. The number of benzene rings is 1. The normalized spacial score (nSPS) is 15.8. The van der Waals surface area contributed by atoms with Gasteiger partial charge in [-0.05, 0) is 12.1 Å². The summed E-state index contributed by atoms with van der Waals surface area (Å²) in [7, 11) is 2.75. The number of methoxy groups -OCH3 is 2. The van der Waals surface area contributed by atoms with Gasteiger partial charge < -0.3 is 24.7 Å². The molecular weight excluding hydrogens is 355 g/mol. The average Bonchev–Trinajstić information content (AvgIpc) is 3.15. The molecule has 2 heterocycles. The van der Waals surface area contributed by atoms with Crippen LogP contribution in [0.25, 0.3) is 0 Å². The largest absolute Gasteiger partial charge is 0.497 e. The number of aromatic amines is 1. The number of urea groups is 1. The van der Waals surface area contributed by atoms with Gasteiger partial charge in [-0.1, -0.05) is 0 Å². The van der Waals surface area contributed by atoms with Crippen LogP contribution in [0.1, 0.15) is 29.4 Å². The molecule has 1 aliphatic rings. The van der Waals surface area contributed by atoms with Crippen LogP contribution in [0.2, 0.25) is 0 Å². The van der Waals surface area contributed by atoms with Gasteiger partial charge in [0.1, 0.15) is 17.6 Å². The van der Waals surface area contributed by atoms with E-state index >= 15 is 0 Å². The number of H-pyrrole nitrogens is 1. The van der Waals surface area contributed by atoms with Gasteiger partial charge in [-0.15, -0.1) is 0 Å². The molecule has 9 heteroatoms. The van der Waals surface area contributed by atoms with Crippen molar-refractivity contribution in [1.82, 2.24) is 20.2 Å². The van der Waals surface area contributed by atoms with Crippen molar-refractivity contribution in [3.8, 4) is 5.75 Å². The monoisotopic (exact) mass is 376 g/mol. The van der Waals surface area contributed by atoms with Crippen molar-refractivity contribution in [2.24, 2.45) is 0 Å². The number of carbonyl (C=O) groups excluding carboxylic acids is 2. The van der Waals surface area contributed by atoms with Gasteiger partial charge in [-0.3, -0.25) is 4.79 Å². The van der Waals surface area contributed by atoms with Crippen LogP contribution in [0.15, 0.2) is 24.5 Å². The summed E-state index contributed by atoms with van der Waals surface area (Å²) in [6.45, 7) is 0.516. The van der Waals surface area contributed by atoms with Crippen LogP contribution in [-0.2, 0) is 16.0 Å². The van der Waals surface area contributed by atoms with Crippen molar-refractivity contribution in [2.75, 3.05) is 27.3 Å². The third kappa shape index (κ3) is 3.86. The molecule has 2 aromatic rings. The van der Waals surface area contributed by atoms with Crippen molar-refractivity contribution in [3.05, 3.63) is 47.3 Å². The van der Waals surface area contributed by atoms with Crippen molar-refractivity contribution in [2.45, 2.75) is 18.9 Å². The molecule has 2 amide bonds. The lowest BCUT2D eigenvalue weighted by molar-refractivity contribution is -0.140. The Labute approximate surface area is 155 Å². The van der Waals surface area contributed by atoms with Crippen LogP contribution in [-0.4, -0.2) is 54.2 Å². The molecule has 0 saturated heterocycles. The standard InChI is InChI=1S/C18H21FN4O4/c1-26-11-3-4-12(13(19)9-11)17-16-14(21-10-22-16)6-8-23(17)18(25)20-7-5-15(24)27-2/h3-4,9-10,17H,5-8H2,1-2H3,(H,20,25)(H,21,22)/t17-/m1/s1. The highest BCUT2D eigenvalue weighted by Crippen LogP contribution is 2.35. The first-order valence-corrected chi connectivity index (χ1v) is 8.52. The van der Waals surface area contributed by atoms with Crippen LogP contribution in [0.5, 0.6) is 5.75 Å². The molecule has 8 nitrogen and oxygen atoms in total. The first kappa shape index (κ1) is 18.7. The van der Waals surface area contributed by atoms with Gasteiger partial charge >= 0.3 is 12.0 Å². The molecule has 0 spiro atoms. The maximum Gasteiger partial charge on any atom is 0.318 e. The third-order valence-corrected chi connectivity index (χ3v) is 4.52. The van der Waals surface area contributed by atoms with Gasteiger partial charge in [0.05, 0.1) is 32.7 Å². The quantitative estimate of drug-likeness (QED) is 0.776.